The maximum Gasteiger partial charge on any atom is 0.319 e. The third-order valence-electron chi connectivity index (χ3n) is 3.91. The molecule has 0 spiro atoms. The number of fused-ring (bicyclic) bond motifs is 1. The molecular weight excluding hydrogens is 358 g/mol. The van der Waals surface area contributed by atoms with Crippen molar-refractivity contribution in [1.82, 2.24) is 10.2 Å². The minimum atomic E-state index is -0.470. The van der Waals surface area contributed by atoms with Gasteiger partial charge in [-0.3, -0.25) is 14.5 Å². The Morgan fingerprint density at radius 1 is 1.12 bits per heavy atom. The SMILES string of the molecule is COc1ccc(NC(=O)NCCN2C(=O)c3ccccc3C2=O)cc1Cl. The molecule has 134 valence electrons. The van der Waals surface area contributed by atoms with Crippen LogP contribution in [0.3, 0.4) is 0 Å². The van der Waals surface area contributed by atoms with E-state index in [0.717, 1.165) is 4.90 Å². The molecule has 26 heavy (non-hydrogen) atoms. The van der Waals surface area contributed by atoms with Gasteiger partial charge in [-0.25, -0.2) is 4.79 Å². The van der Waals surface area contributed by atoms with E-state index in [-0.39, 0.29) is 24.9 Å². The molecule has 0 aliphatic carbocycles. The Labute approximate surface area is 154 Å². The highest BCUT2D eigenvalue weighted by molar-refractivity contribution is 6.32. The fourth-order valence-electron chi connectivity index (χ4n) is 2.64. The number of rotatable bonds is 5. The summed E-state index contributed by atoms with van der Waals surface area (Å²) < 4.78 is 5.04. The largest absolute Gasteiger partial charge is 0.495 e. The number of hydrogen-bond acceptors (Lipinski definition) is 4. The Bertz CT molecular complexity index is 849. The molecule has 0 fully saturated rings. The van der Waals surface area contributed by atoms with Gasteiger partial charge in [-0.1, -0.05) is 23.7 Å². The zero-order valence-electron chi connectivity index (χ0n) is 13.9. The Morgan fingerprint density at radius 3 is 2.35 bits per heavy atom. The lowest BCUT2D eigenvalue weighted by Gasteiger charge is -2.14. The summed E-state index contributed by atoms with van der Waals surface area (Å²) in [6, 6.07) is 11.0. The fourth-order valence-corrected chi connectivity index (χ4v) is 2.90. The van der Waals surface area contributed by atoms with E-state index < -0.39 is 6.03 Å². The molecule has 0 radical (unpaired) electrons. The molecule has 3 rings (SSSR count). The molecule has 0 unspecified atom stereocenters. The molecule has 0 bridgehead atoms. The topological polar surface area (TPSA) is 87.7 Å². The van der Waals surface area contributed by atoms with Crippen molar-refractivity contribution in [3.63, 3.8) is 0 Å². The van der Waals surface area contributed by atoms with Crippen molar-refractivity contribution >= 4 is 35.1 Å². The number of nitrogens with one attached hydrogen (secondary N) is 2. The third-order valence-corrected chi connectivity index (χ3v) is 4.20. The van der Waals surface area contributed by atoms with E-state index in [1.165, 1.54) is 7.11 Å². The summed E-state index contributed by atoms with van der Waals surface area (Å²) >= 11 is 6.00. The number of benzene rings is 2. The lowest BCUT2D eigenvalue weighted by atomic mass is 10.1. The van der Waals surface area contributed by atoms with Gasteiger partial charge in [0.05, 0.1) is 23.3 Å². The summed E-state index contributed by atoms with van der Waals surface area (Å²) in [4.78, 5) is 37.5. The standard InChI is InChI=1S/C18H16ClN3O4/c1-26-15-7-6-11(10-14(15)19)21-18(25)20-8-9-22-16(23)12-4-2-3-5-13(12)17(22)24/h2-7,10H,8-9H2,1H3,(H2,20,21,25). The van der Waals surface area contributed by atoms with E-state index >= 15 is 0 Å². The third kappa shape index (κ3) is 3.48. The molecular formula is C18H16ClN3O4. The van der Waals surface area contributed by atoms with E-state index in [4.69, 9.17) is 16.3 Å². The summed E-state index contributed by atoms with van der Waals surface area (Å²) in [7, 11) is 1.50. The fraction of sp³-hybridized carbons (Fsp3) is 0.167. The van der Waals surface area contributed by atoms with E-state index in [1.54, 1.807) is 42.5 Å². The van der Waals surface area contributed by atoms with Crippen LogP contribution in [0.2, 0.25) is 5.02 Å². The second-order valence-corrected chi connectivity index (χ2v) is 5.94. The molecule has 0 atom stereocenters. The lowest BCUT2D eigenvalue weighted by Crippen LogP contribution is -2.39. The van der Waals surface area contributed by atoms with Crippen LogP contribution < -0.4 is 15.4 Å². The number of urea groups is 1. The molecule has 2 N–H and O–H groups in total. The molecule has 2 aromatic carbocycles. The molecule has 8 heteroatoms. The minimum absolute atomic E-state index is 0.0864. The number of hydrogen-bond donors (Lipinski definition) is 2. The summed E-state index contributed by atoms with van der Waals surface area (Å²) in [6.45, 7) is 0.213. The first-order chi connectivity index (χ1) is 12.5. The van der Waals surface area contributed by atoms with Gasteiger partial charge in [0, 0.05) is 18.8 Å². The highest BCUT2D eigenvalue weighted by atomic mass is 35.5. The highest BCUT2D eigenvalue weighted by Gasteiger charge is 2.34. The number of amides is 4. The Balaban J connectivity index is 1.52. The minimum Gasteiger partial charge on any atom is -0.495 e. The van der Waals surface area contributed by atoms with Crippen molar-refractivity contribution in [2.24, 2.45) is 0 Å². The molecule has 2 aromatic rings. The van der Waals surface area contributed by atoms with E-state index in [0.29, 0.717) is 27.6 Å². The highest BCUT2D eigenvalue weighted by Crippen LogP contribution is 2.27. The van der Waals surface area contributed by atoms with Crippen LogP contribution in [0.1, 0.15) is 20.7 Å². The van der Waals surface area contributed by atoms with E-state index in [1.807, 2.05) is 0 Å². The predicted octanol–water partition coefficient (Wildman–Crippen LogP) is 2.77. The summed E-state index contributed by atoms with van der Waals surface area (Å²) in [5, 5.41) is 5.60. The van der Waals surface area contributed by atoms with Crippen LogP contribution in [-0.4, -0.2) is 42.9 Å². The van der Waals surface area contributed by atoms with Crippen LogP contribution >= 0.6 is 11.6 Å². The maximum atomic E-state index is 12.2. The van der Waals surface area contributed by atoms with Crippen LogP contribution in [-0.2, 0) is 0 Å². The number of nitrogens with zero attached hydrogens (tertiary/aromatic N) is 1. The number of anilines is 1. The Hall–Kier alpha value is -3.06. The Morgan fingerprint density at radius 2 is 1.77 bits per heavy atom. The van der Waals surface area contributed by atoms with Crippen LogP contribution in [0.25, 0.3) is 0 Å². The van der Waals surface area contributed by atoms with Gasteiger partial charge in [0.1, 0.15) is 5.75 Å². The van der Waals surface area contributed by atoms with Crippen molar-refractivity contribution in [3.05, 3.63) is 58.6 Å². The molecule has 1 aliphatic rings. The first kappa shape index (κ1) is 17.8. The van der Waals surface area contributed by atoms with Crippen LogP contribution in [0.5, 0.6) is 5.75 Å². The summed E-state index contributed by atoms with van der Waals surface area (Å²) in [5.41, 5.74) is 1.26. The average molecular weight is 374 g/mol. The molecule has 0 saturated heterocycles. The van der Waals surface area contributed by atoms with Gasteiger partial charge in [-0.15, -0.1) is 0 Å². The van der Waals surface area contributed by atoms with Gasteiger partial charge in [-0.05, 0) is 30.3 Å². The molecule has 7 nitrogen and oxygen atoms in total. The number of halogens is 1. The summed E-state index contributed by atoms with van der Waals surface area (Å²) in [5.74, 6) is -0.201. The predicted molar refractivity (Wildman–Crippen MR) is 96.8 cm³/mol. The van der Waals surface area contributed by atoms with Gasteiger partial charge < -0.3 is 15.4 Å². The van der Waals surface area contributed by atoms with Gasteiger partial charge in [0.25, 0.3) is 11.8 Å². The number of carbonyl (C=O) groups excluding carboxylic acids is 3. The second-order valence-electron chi connectivity index (χ2n) is 5.54. The monoisotopic (exact) mass is 373 g/mol. The molecule has 0 saturated carbocycles. The van der Waals surface area contributed by atoms with Crippen molar-refractivity contribution in [1.29, 1.82) is 0 Å². The molecule has 0 aromatic heterocycles. The van der Waals surface area contributed by atoms with Crippen molar-refractivity contribution in [3.8, 4) is 5.75 Å². The quantitative estimate of drug-likeness (QED) is 0.789. The summed E-state index contributed by atoms with van der Waals surface area (Å²) in [6.07, 6.45) is 0. The van der Waals surface area contributed by atoms with Crippen molar-refractivity contribution in [2.75, 3.05) is 25.5 Å². The average Bonchev–Trinajstić information content (AvgIpc) is 2.87. The smallest absolute Gasteiger partial charge is 0.319 e. The first-order valence-electron chi connectivity index (χ1n) is 7.85. The van der Waals surface area contributed by atoms with Crippen LogP contribution in [0, 0.1) is 0 Å². The van der Waals surface area contributed by atoms with Crippen LogP contribution in [0.4, 0.5) is 10.5 Å². The Kier molecular flexibility index (Phi) is 5.09. The van der Waals surface area contributed by atoms with Crippen molar-refractivity contribution in [2.45, 2.75) is 0 Å². The normalized spacial score (nSPS) is 12.8. The second kappa shape index (κ2) is 7.45. The van der Waals surface area contributed by atoms with E-state index in [9.17, 15) is 14.4 Å². The molecule has 1 heterocycles. The van der Waals surface area contributed by atoms with Gasteiger partial charge in [0.15, 0.2) is 0 Å². The van der Waals surface area contributed by atoms with Crippen molar-refractivity contribution < 1.29 is 19.1 Å². The number of carbonyl (C=O) groups is 3. The maximum absolute atomic E-state index is 12.2. The first-order valence-corrected chi connectivity index (χ1v) is 8.22. The zero-order valence-corrected chi connectivity index (χ0v) is 14.7. The zero-order chi connectivity index (χ0) is 18.7. The molecule has 4 amide bonds. The number of imide groups is 1. The number of ether oxygens (including phenoxy) is 1. The van der Waals surface area contributed by atoms with Gasteiger partial charge in [-0.2, -0.15) is 0 Å². The number of methoxy groups -OCH3 is 1. The van der Waals surface area contributed by atoms with Gasteiger partial charge >= 0.3 is 6.03 Å². The molecule has 1 aliphatic heterocycles. The van der Waals surface area contributed by atoms with Crippen LogP contribution in [0.15, 0.2) is 42.5 Å². The lowest BCUT2D eigenvalue weighted by molar-refractivity contribution is 0.0656. The van der Waals surface area contributed by atoms with Gasteiger partial charge in [0.2, 0.25) is 0 Å². The van der Waals surface area contributed by atoms with E-state index in [2.05, 4.69) is 10.6 Å².